The van der Waals surface area contributed by atoms with Gasteiger partial charge in [0.05, 0.1) is 0 Å². The van der Waals surface area contributed by atoms with Gasteiger partial charge >= 0.3 is 0 Å². The fourth-order valence-corrected chi connectivity index (χ4v) is 2.10. The highest BCUT2D eigenvalue weighted by molar-refractivity contribution is 6.18. The Hall–Kier alpha value is 0.250. The first kappa shape index (κ1) is 11.3. The van der Waals surface area contributed by atoms with Gasteiger partial charge in [0, 0.05) is 19.0 Å². The second-order valence-electron chi connectivity index (χ2n) is 4.76. The molecule has 0 N–H and O–H groups in total. The van der Waals surface area contributed by atoms with Crippen LogP contribution < -0.4 is 0 Å². The van der Waals surface area contributed by atoms with E-state index in [0.717, 1.165) is 17.7 Å². The van der Waals surface area contributed by atoms with E-state index in [1.54, 1.807) is 0 Å². The van der Waals surface area contributed by atoms with Gasteiger partial charge in [-0.15, -0.1) is 11.6 Å². The molecule has 1 aliphatic heterocycles. The summed E-state index contributed by atoms with van der Waals surface area (Å²) in [7, 11) is 0. The highest BCUT2D eigenvalue weighted by atomic mass is 35.5. The SMILES string of the molecule is CC(CCl)CN1CCC(C)C(C)C1. The highest BCUT2D eigenvalue weighted by Crippen LogP contribution is 2.22. The molecule has 1 rings (SSSR count). The minimum absolute atomic E-state index is 0.641. The van der Waals surface area contributed by atoms with Gasteiger partial charge in [-0.2, -0.15) is 0 Å². The molecular weight excluding hydrogens is 182 g/mol. The fraction of sp³-hybridized carbons (Fsp3) is 1.00. The van der Waals surface area contributed by atoms with Crippen molar-refractivity contribution in [3.05, 3.63) is 0 Å². The van der Waals surface area contributed by atoms with Crippen molar-refractivity contribution in [2.75, 3.05) is 25.5 Å². The zero-order valence-corrected chi connectivity index (χ0v) is 9.85. The Morgan fingerprint density at radius 1 is 1.38 bits per heavy atom. The third-order valence-corrected chi connectivity index (χ3v) is 3.78. The zero-order valence-electron chi connectivity index (χ0n) is 9.09. The molecular formula is C11H22ClN. The van der Waals surface area contributed by atoms with Crippen molar-refractivity contribution in [2.24, 2.45) is 17.8 Å². The first-order chi connectivity index (χ1) is 6.13. The summed E-state index contributed by atoms with van der Waals surface area (Å²) in [6, 6.07) is 0. The van der Waals surface area contributed by atoms with Gasteiger partial charge in [0.25, 0.3) is 0 Å². The monoisotopic (exact) mass is 203 g/mol. The lowest BCUT2D eigenvalue weighted by Crippen LogP contribution is -2.40. The summed E-state index contributed by atoms with van der Waals surface area (Å²) < 4.78 is 0. The number of hydrogen-bond donors (Lipinski definition) is 0. The van der Waals surface area contributed by atoms with Crippen LogP contribution in [0.5, 0.6) is 0 Å². The van der Waals surface area contributed by atoms with Crippen LogP contribution in [0.4, 0.5) is 0 Å². The molecule has 0 bridgehead atoms. The molecule has 1 saturated heterocycles. The number of nitrogens with zero attached hydrogens (tertiary/aromatic N) is 1. The van der Waals surface area contributed by atoms with E-state index in [1.807, 2.05) is 0 Å². The van der Waals surface area contributed by atoms with E-state index in [-0.39, 0.29) is 0 Å². The van der Waals surface area contributed by atoms with Crippen LogP contribution in [0.15, 0.2) is 0 Å². The van der Waals surface area contributed by atoms with E-state index in [4.69, 9.17) is 11.6 Å². The number of alkyl halides is 1. The van der Waals surface area contributed by atoms with Crippen molar-refractivity contribution in [3.8, 4) is 0 Å². The maximum absolute atomic E-state index is 5.81. The van der Waals surface area contributed by atoms with Crippen LogP contribution in [0, 0.1) is 17.8 Å². The lowest BCUT2D eigenvalue weighted by Gasteiger charge is -2.36. The predicted octanol–water partition coefficient (Wildman–Crippen LogP) is 2.84. The van der Waals surface area contributed by atoms with Crippen LogP contribution in [0.3, 0.4) is 0 Å². The predicted molar refractivity (Wildman–Crippen MR) is 59.3 cm³/mol. The van der Waals surface area contributed by atoms with Gasteiger partial charge in [0.1, 0.15) is 0 Å². The van der Waals surface area contributed by atoms with Gasteiger partial charge in [-0.1, -0.05) is 20.8 Å². The third-order valence-electron chi connectivity index (χ3n) is 3.25. The average molecular weight is 204 g/mol. The van der Waals surface area contributed by atoms with Gasteiger partial charge in [-0.25, -0.2) is 0 Å². The molecule has 13 heavy (non-hydrogen) atoms. The number of likely N-dealkylation sites (tertiary alicyclic amines) is 1. The summed E-state index contributed by atoms with van der Waals surface area (Å²) in [6.07, 6.45) is 1.36. The highest BCUT2D eigenvalue weighted by Gasteiger charge is 2.23. The molecule has 0 spiro atoms. The number of hydrogen-bond acceptors (Lipinski definition) is 1. The van der Waals surface area contributed by atoms with Gasteiger partial charge in [0.15, 0.2) is 0 Å². The smallest absolute Gasteiger partial charge is 0.0261 e. The van der Waals surface area contributed by atoms with Gasteiger partial charge < -0.3 is 4.90 Å². The first-order valence-corrected chi connectivity index (χ1v) is 5.95. The standard InChI is InChI=1S/C11H22ClN/c1-9(6-12)7-13-5-4-10(2)11(3)8-13/h9-11H,4-8H2,1-3H3. The minimum Gasteiger partial charge on any atom is -0.303 e. The molecule has 0 aromatic heterocycles. The van der Waals surface area contributed by atoms with Crippen LogP contribution in [-0.4, -0.2) is 30.4 Å². The molecule has 2 heteroatoms. The molecule has 0 radical (unpaired) electrons. The summed E-state index contributed by atoms with van der Waals surface area (Å²) in [4.78, 5) is 2.57. The first-order valence-electron chi connectivity index (χ1n) is 5.41. The second-order valence-corrected chi connectivity index (χ2v) is 5.07. The molecule has 1 aliphatic rings. The Morgan fingerprint density at radius 3 is 2.62 bits per heavy atom. The zero-order chi connectivity index (χ0) is 9.84. The number of halogens is 1. The Morgan fingerprint density at radius 2 is 2.08 bits per heavy atom. The quantitative estimate of drug-likeness (QED) is 0.638. The molecule has 1 heterocycles. The van der Waals surface area contributed by atoms with Crippen LogP contribution in [-0.2, 0) is 0 Å². The maximum Gasteiger partial charge on any atom is 0.0261 e. The molecule has 3 unspecified atom stereocenters. The minimum atomic E-state index is 0.641. The van der Waals surface area contributed by atoms with E-state index >= 15 is 0 Å². The molecule has 0 aliphatic carbocycles. The lowest BCUT2D eigenvalue weighted by atomic mass is 9.88. The maximum atomic E-state index is 5.81. The summed E-state index contributed by atoms with van der Waals surface area (Å²) in [5.74, 6) is 3.20. The van der Waals surface area contributed by atoms with Crippen LogP contribution in [0.25, 0.3) is 0 Å². The molecule has 0 amide bonds. The normalized spacial score (nSPS) is 33.2. The van der Waals surface area contributed by atoms with Crippen molar-refractivity contribution in [2.45, 2.75) is 27.2 Å². The topological polar surface area (TPSA) is 3.24 Å². The van der Waals surface area contributed by atoms with Crippen LogP contribution in [0.2, 0.25) is 0 Å². The van der Waals surface area contributed by atoms with Crippen molar-refractivity contribution in [1.29, 1.82) is 0 Å². The molecule has 1 fully saturated rings. The molecule has 78 valence electrons. The van der Waals surface area contributed by atoms with E-state index in [1.165, 1.54) is 26.1 Å². The Labute approximate surface area is 87.4 Å². The summed E-state index contributed by atoms with van der Waals surface area (Å²) >= 11 is 5.81. The van der Waals surface area contributed by atoms with Gasteiger partial charge in [0.2, 0.25) is 0 Å². The Kier molecular flexibility index (Phi) is 4.54. The second kappa shape index (κ2) is 5.21. The third kappa shape index (κ3) is 3.47. The molecule has 3 atom stereocenters. The average Bonchev–Trinajstić information content (AvgIpc) is 2.11. The summed E-state index contributed by atoms with van der Waals surface area (Å²) in [5.41, 5.74) is 0. The summed E-state index contributed by atoms with van der Waals surface area (Å²) in [5, 5.41) is 0. The van der Waals surface area contributed by atoms with E-state index < -0.39 is 0 Å². The van der Waals surface area contributed by atoms with Crippen LogP contribution in [0.1, 0.15) is 27.2 Å². The van der Waals surface area contributed by atoms with Crippen molar-refractivity contribution >= 4 is 11.6 Å². The number of rotatable bonds is 3. The Bertz CT molecular complexity index is 147. The number of piperidine rings is 1. The summed E-state index contributed by atoms with van der Waals surface area (Å²) in [6.45, 7) is 10.7. The van der Waals surface area contributed by atoms with Crippen molar-refractivity contribution in [3.63, 3.8) is 0 Å². The fourth-order valence-electron chi connectivity index (χ4n) is 2.00. The van der Waals surface area contributed by atoms with E-state index in [2.05, 4.69) is 25.7 Å². The van der Waals surface area contributed by atoms with Crippen molar-refractivity contribution < 1.29 is 0 Å². The molecule has 1 nitrogen and oxygen atoms in total. The van der Waals surface area contributed by atoms with Crippen LogP contribution >= 0.6 is 11.6 Å². The van der Waals surface area contributed by atoms with Gasteiger partial charge in [-0.05, 0) is 30.7 Å². The largest absolute Gasteiger partial charge is 0.303 e. The van der Waals surface area contributed by atoms with Crippen molar-refractivity contribution in [1.82, 2.24) is 4.90 Å². The molecule has 0 aromatic rings. The van der Waals surface area contributed by atoms with E-state index in [9.17, 15) is 0 Å². The Balaban J connectivity index is 2.29. The molecule has 0 saturated carbocycles. The van der Waals surface area contributed by atoms with E-state index in [0.29, 0.717) is 5.92 Å². The lowest BCUT2D eigenvalue weighted by molar-refractivity contribution is 0.126. The molecule has 0 aromatic carbocycles. The van der Waals surface area contributed by atoms with Gasteiger partial charge in [-0.3, -0.25) is 0 Å².